The highest BCUT2D eigenvalue weighted by Gasteiger charge is 1.88. The summed E-state index contributed by atoms with van der Waals surface area (Å²) in [7, 11) is 0. The molecule has 0 aliphatic heterocycles. The zero-order valence-corrected chi connectivity index (χ0v) is 5.24. The number of pyridine rings is 1. The molecule has 8 heavy (non-hydrogen) atoms. The summed E-state index contributed by atoms with van der Waals surface area (Å²) in [6, 6.07) is 1.75. The van der Waals surface area contributed by atoms with Gasteiger partial charge in [0.2, 0.25) is 0 Å². The van der Waals surface area contributed by atoms with Gasteiger partial charge in [0.1, 0.15) is 0 Å². The Labute approximate surface area is 53.3 Å². The molecular formula is C6H5ClN. The zero-order chi connectivity index (χ0) is 5.98. The number of aromatic nitrogens is 1. The summed E-state index contributed by atoms with van der Waals surface area (Å²) < 4.78 is 0. The summed E-state index contributed by atoms with van der Waals surface area (Å²) in [5.41, 5.74) is 1.02. The van der Waals surface area contributed by atoms with E-state index in [0.29, 0.717) is 5.02 Å². The second kappa shape index (κ2) is 2.14. The lowest BCUT2D eigenvalue weighted by Gasteiger charge is -1.89. The number of hydrogen-bond donors (Lipinski definition) is 0. The Hall–Kier alpha value is -0.560. The molecule has 0 saturated heterocycles. The van der Waals surface area contributed by atoms with E-state index in [9.17, 15) is 0 Å². The lowest BCUT2D eigenvalue weighted by atomic mass is 10.3. The monoisotopic (exact) mass is 126 g/mol. The van der Waals surface area contributed by atoms with E-state index in [1.807, 2.05) is 6.92 Å². The summed E-state index contributed by atoms with van der Waals surface area (Å²) >= 11 is 5.63. The van der Waals surface area contributed by atoms with Gasteiger partial charge in [-0.1, -0.05) is 11.6 Å². The Morgan fingerprint density at radius 2 is 2.50 bits per heavy atom. The molecule has 0 amide bonds. The third kappa shape index (κ3) is 0.984. The van der Waals surface area contributed by atoms with E-state index in [-0.39, 0.29) is 0 Å². The third-order valence-corrected chi connectivity index (χ3v) is 1.31. The average molecular weight is 127 g/mol. The van der Waals surface area contributed by atoms with Crippen LogP contribution in [0.1, 0.15) is 5.56 Å². The first-order valence-electron chi connectivity index (χ1n) is 2.29. The van der Waals surface area contributed by atoms with E-state index in [2.05, 4.69) is 11.2 Å². The first-order valence-corrected chi connectivity index (χ1v) is 2.66. The van der Waals surface area contributed by atoms with Gasteiger partial charge in [-0.15, -0.1) is 0 Å². The van der Waals surface area contributed by atoms with Crippen LogP contribution in [0, 0.1) is 13.1 Å². The molecule has 41 valence electrons. The van der Waals surface area contributed by atoms with Gasteiger partial charge >= 0.3 is 0 Å². The van der Waals surface area contributed by atoms with Crippen molar-refractivity contribution in [3.05, 3.63) is 29.0 Å². The van der Waals surface area contributed by atoms with Gasteiger partial charge in [-0.25, -0.2) is 0 Å². The topological polar surface area (TPSA) is 12.9 Å². The maximum absolute atomic E-state index is 5.63. The number of halogens is 1. The maximum atomic E-state index is 5.63. The van der Waals surface area contributed by atoms with Gasteiger partial charge in [0.15, 0.2) is 0 Å². The van der Waals surface area contributed by atoms with Crippen LogP contribution in [-0.2, 0) is 0 Å². The van der Waals surface area contributed by atoms with Gasteiger partial charge in [0.25, 0.3) is 0 Å². The molecule has 0 aromatic carbocycles. The Kier molecular flexibility index (Phi) is 1.49. The van der Waals surface area contributed by atoms with Crippen LogP contribution in [0.15, 0.2) is 12.3 Å². The molecule has 0 unspecified atom stereocenters. The van der Waals surface area contributed by atoms with Crippen molar-refractivity contribution in [2.24, 2.45) is 0 Å². The smallest absolute Gasteiger partial charge is 0.0890 e. The highest BCUT2D eigenvalue weighted by Crippen LogP contribution is 2.09. The van der Waals surface area contributed by atoms with E-state index in [4.69, 9.17) is 11.6 Å². The fraction of sp³-hybridized carbons (Fsp3) is 0.167. The van der Waals surface area contributed by atoms with E-state index in [1.165, 1.54) is 0 Å². The van der Waals surface area contributed by atoms with Gasteiger partial charge in [0.05, 0.1) is 11.2 Å². The van der Waals surface area contributed by atoms with Crippen molar-refractivity contribution in [2.75, 3.05) is 0 Å². The van der Waals surface area contributed by atoms with Gasteiger partial charge in [-0.05, 0) is 18.6 Å². The first kappa shape index (κ1) is 5.57. The largest absolute Gasteiger partial charge is 0.253 e. The summed E-state index contributed by atoms with van der Waals surface area (Å²) in [5, 5.41) is 0.698. The van der Waals surface area contributed by atoms with Crippen LogP contribution in [0.3, 0.4) is 0 Å². The fourth-order valence-corrected chi connectivity index (χ4v) is 0.502. The number of aryl methyl sites for hydroxylation is 1. The summed E-state index contributed by atoms with van der Waals surface area (Å²) in [4.78, 5) is 3.69. The van der Waals surface area contributed by atoms with E-state index in [0.717, 1.165) is 5.56 Å². The highest BCUT2D eigenvalue weighted by molar-refractivity contribution is 6.31. The molecule has 2 heteroatoms. The second-order valence-corrected chi connectivity index (χ2v) is 1.97. The average Bonchev–Trinajstić information content (AvgIpc) is 1.77. The molecule has 0 N–H and O–H groups in total. The molecule has 1 radical (unpaired) electrons. The lowest BCUT2D eigenvalue weighted by Crippen LogP contribution is -1.74. The standard InChI is InChI=1S/C6H5ClN/c1-5-2-3-8-4-6(5)7/h2,4H,1H3. The molecule has 0 aliphatic carbocycles. The van der Waals surface area contributed by atoms with Crippen molar-refractivity contribution >= 4 is 11.6 Å². The fourth-order valence-electron chi connectivity index (χ4n) is 0.399. The minimum Gasteiger partial charge on any atom is -0.253 e. The van der Waals surface area contributed by atoms with Crippen LogP contribution in [-0.4, -0.2) is 4.98 Å². The molecule has 1 rings (SSSR count). The van der Waals surface area contributed by atoms with Gasteiger partial charge in [-0.3, -0.25) is 4.98 Å². The molecule has 1 heterocycles. The third-order valence-electron chi connectivity index (χ3n) is 0.910. The van der Waals surface area contributed by atoms with Crippen LogP contribution in [0.25, 0.3) is 0 Å². The second-order valence-electron chi connectivity index (χ2n) is 1.56. The Morgan fingerprint density at radius 3 is 2.88 bits per heavy atom. The summed E-state index contributed by atoms with van der Waals surface area (Å²) in [5.74, 6) is 0. The number of hydrogen-bond acceptors (Lipinski definition) is 1. The van der Waals surface area contributed by atoms with Crippen molar-refractivity contribution in [1.82, 2.24) is 4.98 Å². The van der Waals surface area contributed by atoms with Crippen LogP contribution < -0.4 is 0 Å². The van der Waals surface area contributed by atoms with Crippen molar-refractivity contribution in [2.45, 2.75) is 6.92 Å². The van der Waals surface area contributed by atoms with E-state index < -0.39 is 0 Å². The highest BCUT2D eigenvalue weighted by atomic mass is 35.5. The molecule has 0 atom stereocenters. The molecule has 1 nitrogen and oxygen atoms in total. The minimum atomic E-state index is 0.698. The Morgan fingerprint density at radius 1 is 1.75 bits per heavy atom. The lowest BCUT2D eigenvalue weighted by molar-refractivity contribution is 1.27. The molecule has 1 aromatic rings. The molecule has 0 bridgehead atoms. The summed E-state index contributed by atoms with van der Waals surface area (Å²) in [6.07, 6.45) is 4.25. The predicted octanol–water partition coefficient (Wildman–Crippen LogP) is 1.84. The van der Waals surface area contributed by atoms with Crippen LogP contribution in [0.2, 0.25) is 5.02 Å². The van der Waals surface area contributed by atoms with E-state index in [1.54, 1.807) is 12.3 Å². The number of rotatable bonds is 0. The van der Waals surface area contributed by atoms with Gasteiger partial charge in [0, 0.05) is 6.20 Å². The quantitative estimate of drug-likeness (QED) is 0.517. The SMILES string of the molecule is Cc1c[c]ncc1Cl. The van der Waals surface area contributed by atoms with Crippen LogP contribution >= 0.6 is 11.6 Å². The molecule has 0 aliphatic rings. The first-order chi connectivity index (χ1) is 3.80. The Balaban J connectivity index is 3.13. The van der Waals surface area contributed by atoms with Crippen molar-refractivity contribution < 1.29 is 0 Å². The van der Waals surface area contributed by atoms with Crippen molar-refractivity contribution in [3.8, 4) is 0 Å². The van der Waals surface area contributed by atoms with Gasteiger partial charge < -0.3 is 0 Å². The van der Waals surface area contributed by atoms with Gasteiger partial charge in [-0.2, -0.15) is 0 Å². The molecular weight excluding hydrogens is 122 g/mol. The van der Waals surface area contributed by atoms with E-state index >= 15 is 0 Å². The van der Waals surface area contributed by atoms with Crippen molar-refractivity contribution in [3.63, 3.8) is 0 Å². The molecule has 0 fully saturated rings. The van der Waals surface area contributed by atoms with Crippen LogP contribution in [0.4, 0.5) is 0 Å². The summed E-state index contributed by atoms with van der Waals surface area (Å²) in [6.45, 7) is 1.92. The van der Waals surface area contributed by atoms with Crippen LogP contribution in [0.5, 0.6) is 0 Å². The predicted molar refractivity (Wildman–Crippen MR) is 32.8 cm³/mol. The number of nitrogens with zero attached hydrogens (tertiary/aromatic N) is 1. The molecule has 0 saturated carbocycles. The van der Waals surface area contributed by atoms with Crippen molar-refractivity contribution in [1.29, 1.82) is 0 Å². The molecule has 1 aromatic heterocycles. The normalized spacial score (nSPS) is 9.25. The molecule has 0 spiro atoms. The minimum absolute atomic E-state index is 0.698. The zero-order valence-electron chi connectivity index (χ0n) is 4.48. The Bertz CT molecular complexity index is 165. The maximum Gasteiger partial charge on any atom is 0.0890 e.